The predicted molar refractivity (Wildman–Crippen MR) is 123 cm³/mol. The van der Waals surface area contributed by atoms with Crippen molar-refractivity contribution in [1.29, 1.82) is 0 Å². The van der Waals surface area contributed by atoms with E-state index in [1.54, 1.807) is 26.0 Å². The van der Waals surface area contributed by atoms with Crippen molar-refractivity contribution in [1.82, 2.24) is 14.8 Å². The SMILES string of the molecule is COc1ccc2nc(-n3nc(C)c4c3NC(=O)C[C@@H]4c3ccc(OC)c(OC)c3)sc2c1. The van der Waals surface area contributed by atoms with Crippen LogP contribution in [-0.4, -0.2) is 42.0 Å². The van der Waals surface area contributed by atoms with Gasteiger partial charge in [-0.2, -0.15) is 9.78 Å². The molecule has 4 aromatic rings. The van der Waals surface area contributed by atoms with Gasteiger partial charge < -0.3 is 19.5 Å². The molecule has 0 bridgehead atoms. The van der Waals surface area contributed by atoms with E-state index in [1.807, 2.05) is 43.3 Å². The van der Waals surface area contributed by atoms with E-state index in [0.717, 1.165) is 32.8 Å². The first-order valence-corrected chi connectivity index (χ1v) is 10.9. The van der Waals surface area contributed by atoms with Gasteiger partial charge in [-0.3, -0.25) is 4.79 Å². The molecule has 32 heavy (non-hydrogen) atoms. The maximum atomic E-state index is 12.7. The third kappa shape index (κ3) is 3.25. The Balaban J connectivity index is 1.63. The number of hydrogen-bond donors (Lipinski definition) is 1. The summed E-state index contributed by atoms with van der Waals surface area (Å²) in [6, 6.07) is 11.5. The van der Waals surface area contributed by atoms with E-state index < -0.39 is 0 Å². The molecule has 2 aromatic heterocycles. The monoisotopic (exact) mass is 450 g/mol. The quantitative estimate of drug-likeness (QED) is 0.488. The molecule has 1 N–H and O–H groups in total. The van der Waals surface area contributed by atoms with Crippen LogP contribution in [0.15, 0.2) is 36.4 Å². The molecule has 0 saturated carbocycles. The Morgan fingerprint density at radius 2 is 1.88 bits per heavy atom. The standard InChI is InChI=1S/C23H22N4O4S/c1-12-21-15(13-5-8-17(30-3)18(9-13)31-4)11-20(28)25-22(21)27(26-12)23-24-16-7-6-14(29-2)10-19(16)32-23/h5-10,15H,11H2,1-4H3,(H,25,28)/t15-/m1/s1. The zero-order valence-corrected chi connectivity index (χ0v) is 18.9. The highest BCUT2D eigenvalue weighted by Gasteiger charge is 2.33. The van der Waals surface area contributed by atoms with Crippen LogP contribution in [0.25, 0.3) is 15.3 Å². The normalized spacial score (nSPS) is 15.4. The van der Waals surface area contributed by atoms with Gasteiger partial charge in [0.15, 0.2) is 11.5 Å². The number of carbonyl (C=O) groups is 1. The number of methoxy groups -OCH3 is 3. The second-order valence-electron chi connectivity index (χ2n) is 7.51. The van der Waals surface area contributed by atoms with E-state index in [-0.39, 0.29) is 11.8 Å². The number of carbonyl (C=O) groups excluding carboxylic acids is 1. The molecule has 1 amide bonds. The largest absolute Gasteiger partial charge is 0.497 e. The molecule has 0 spiro atoms. The zero-order chi connectivity index (χ0) is 22.4. The molecule has 1 atom stereocenters. The number of ether oxygens (including phenoxy) is 3. The van der Waals surface area contributed by atoms with Crippen molar-refractivity contribution in [3.8, 4) is 22.4 Å². The molecule has 0 radical (unpaired) electrons. The molecule has 0 unspecified atom stereocenters. The van der Waals surface area contributed by atoms with Crippen LogP contribution in [0.1, 0.15) is 29.2 Å². The van der Waals surface area contributed by atoms with Crippen LogP contribution in [0.3, 0.4) is 0 Å². The second-order valence-corrected chi connectivity index (χ2v) is 8.52. The lowest BCUT2D eigenvalue weighted by Gasteiger charge is -2.24. The number of thiazole rings is 1. The van der Waals surface area contributed by atoms with Gasteiger partial charge in [-0.15, -0.1) is 0 Å². The van der Waals surface area contributed by atoms with Crippen LogP contribution < -0.4 is 19.5 Å². The van der Waals surface area contributed by atoms with Gasteiger partial charge in [0.25, 0.3) is 0 Å². The van der Waals surface area contributed by atoms with Gasteiger partial charge in [-0.25, -0.2) is 4.98 Å². The van der Waals surface area contributed by atoms with E-state index >= 15 is 0 Å². The highest BCUT2D eigenvalue weighted by atomic mass is 32.1. The Kier molecular flexibility index (Phi) is 4.97. The fourth-order valence-electron chi connectivity index (χ4n) is 4.15. The number of nitrogens with zero attached hydrogens (tertiary/aromatic N) is 3. The lowest BCUT2D eigenvalue weighted by atomic mass is 9.85. The summed E-state index contributed by atoms with van der Waals surface area (Å²) in [6.45, 7) is 1.96. The van der Waals surface area contributed by atoms with Crippen LogP contribution in [0.5, 0.6) is 17.2 Å². The summed E-state index contributed by atoms with van der Waals surface area (Å²) in [7, 11) is 4.84. The fraction of sp³-hybridized carbons (Fsp3) is 0.261. The summed E-state index contributed by atoms with van der Waals surface area (Å²) in [6.07, 6.45) is 0.325. The van der Waals surface area contributed by atoms with Gasteiger partial charge in [0.2, 0.25) is 11.0 Å². The van der Waals surface area contributed by atoms with E-state index in [2.05, 4.69) is 5.32 Å². The van der Waals surface area contributed by atoms with Gasteiger partial charge in [-0.05, 0) is 42.8 Å². The first kappa shape index (κ1) is 20.3. The van der Waals surface area contributed by atoms with Crippen molar-refractivity contribution in [2.45, 2.75) is 19.3 Å². The van der Waals surface area contributed by atoms with Gasteiger partial charge in [0, 0.05) is 17.9 Å². The number of nitrogens with one attached hydrogen (secondary N) is 1. The minimum Gasteiger partial charge on any atom is -0.497 e. The topological polar surface area (TPSA) is 87.5 Å². The molecule has 0 aliphatic carbocycles. The molecule has 5 rings (SSSR count). The number of aryl methyl sites for hydroxylation is 1. The molecular formula is C23H22N4O4S. The van der Waals surface area contributed by atoms with Crippen molar-refractivity contribution in [3.05, 3.63) is 53.2 Å². The number of rotatable bonds is 5. The van der Waals surface area contributed by atoms with Gasteiger partial charge >= 0.3 is 0 Å². The van der Waals surface area contributed by atoms with Crippen LogP contribution in [-0.2, 0) is 4.79 Å². The van der Waals surface area contributed by atoms with E-state index in [9.17, 15) is 4.79 Å². The second kappa shape index (κ2) is 7.83. The van der Waals surface area contributed by atoms with Crippen LogP contribution in [0, 0.1) is 6.92 Å². The highest BCUT2D eigenvalue weighted by Crippen LogP contribution is 2.43. The van der Waals surface area contributed by atoms with Crippen molar-refractivity contribution < 1.29 is 19.0 Å². The van der Waals surface area contributed by atoms with Gasteiger partial charge in [-0.1, -0.05) is 17.4 Å². The minimum atomic E-state index is -0.151. The highest BCUT2D eigenvalue weighted by molar-refractivity contribution is 7.20. The number of aromatic nitrogens is 3. The smallest absolute Gasteiger partial charge is 0.226 e. The first-order chi connectivity index (χ1) is 15.5. The molecule has 1 aliphatic heterocycles. The number of benzene rings is 2. The molecule has 1 aliphatic rings. The molecule has 3 heterocycles. The third-order valence-electron chi connectivity index (χ3n) is 5.68. The zero-order valence-electron chi connectivity index (χ0n) is 18.1. The first-order valence-electron chi connectivity index (χ1n) is 10.1. The lowest BCUT2D eigenvalue weighted by molar-refractivity contribution is -0.116. The van der Waals surface area contributed by atoms with Gasteiger partial charge in [0.1, 0.15) is 11.6 Å². The Bertz CT molecular complexity index is 1340. The van der Waals surface area contributed by atoms with Crippen molar-refractivity contribution in [2.24, 2.45) is 0 Å². The maximum absolute atomic E-state index is 12.7. The Hall–Kier alpha value is -3.59. The summed E-state index contributed by atoms with van der Waals surface area (Å²) >= 11 is 1.50. The Morgan fingerprint density at radius 1 is 1.06 bits per heavy atom. The van der Waals surface area contributed by atoms with Crippen molar-refractivity contribution in [2.75, 3.05) is 26.6 Å². The third-order valence-corrected chi connectivity index (χ3v) is 6.67. The van der Waals surface area contributed by atoms with E-state index in [1.165, 1.54) is 11.3 Å². The Labute approximate surface area is 188 Å². The minimum absolute atomic E-state index is 0.0683. The average Bonchev–Trinajstić information content (AvgIpc) is 3.38. The molecule has 8 nitrogen and oxygen atoms in total. The number of amides is 1. The lowest BCUT2D eigenvalue weighted by Crippen LogP contribution is -2.25. The predicted octanol–water partition coefficient (Wildman–Crippen LogP) is 4.29. The summed E-state index contributed by atoms with van der Waals surface area (Å²) in [5.74, 6) is 2.48. The van der Waals surface area contributed by atoms with Crippen LogP contribution in [0.2, 0.25) is 0 Å². The van der Waals surface area contributed by atoms with Crippen LogP contribution in [0.4, 0.5) is 5.82 Å². The van der Waals surface area contributed by atoms with Gasteiger partial charge in [0.05, 0.1) is 37.2 Å². The molecule has 0 saturated heterocycles. The average molecular weight is 451 g/mol. The summed E-state index contributed by atoms with van der Waals surface area (Å²) in [5, 5.41) is 8.45. The molecular weight excluding hydrogens is 428 g/mol. The van der Waals surface area contributed by atoms with Crippen LogP contribution >= 0.6 is 11.3 Å². The molecule has 0 fully saturated rings. The van der Waals surface area contributed by atoms with Crippen molar-refractivity contribution >= 4 is 33.3 Å². The van der Waals surface area contributed by atoms with E-state index in [0.29, 0.717) is 28.9 Å². The number of hydrogen-bond acceptors (Lipinski definition) is 7. The molecule has 9 heteroatoms. The summed E-state index contributed by atoms with van der Waals surface area (Å²) in [5.41, 5.74) is 3.65. The maximum Gasteiger partial charge on any atom is 0.226 e. The Morgan fingerprint density at radius 3 is 2.62 bits per heavy atom. The summed E-state index contributed by atoms with van der Waals surface area (Å²) in [4.78, 5) is 17.4. The molecule has 2 aromatic carbocycles. The molecule has 164 valence electrons. The number of fused-ring (bicyclic) bond motifs is 2. The van der Waals surface area contributed by atoms with E-state index in [4.69, 9.17) is 24.3 Å². The fourth-order valence-corrected chi connectivity index (χ4v) is 5.10. The summed E-state index contributed by atoms with van der Waals surface area (Å²) < 4.78 is 18.9. The number of anilines is 1. The van der Waals surface area contributed by atoms with Crippen molar-refractivity contribution in [3.63, 3.8) is 0 Å².